The summed E-state index contributed by atoms with van der Waals surface area (Å²) in [6.45, 7) is -0.0971. The van der Waals surface area contributed by atoms with Gasteiger partial charge in [0, 0.05) is 6.54 Å². The largest absolute Gasteiger partial charge is 0.479 e. The summed E-state index contributed by atoms with van der Waals surface area (Å²) in [4.78, 5) is 6.75. The lowest BCUT2D eigenvalue weighted by molar-refractivity contribution is -0.142. The molecule has 14 heavy (non-hydrogen) atoms. The average molecular weight is 207 g/mol. The lowest BCUT2D eigenvalue weighted by Crippen LogP contribution is -2.14. The van der Waals surface area contributed by atoms with Crippen molar-refractivity contribution in [3.05, 3.63) is 17.6 Å². The lowest BCUT2D eigenvalue weighted by atomic mass is 10.3. The SMILES string of the molecule is COc1ncc(CN)nc1C(F)(F)F. The van der Waals surface area contributed by atoms with E-state index in [1.54, 1.807) is 0 Å². The average Bonchev–Trinajstić information content (AvgIpc) is 2.15. The monoisotopic (exact) mass is 207 g/mol. The molecule has 0 aliphatic rings. The maximum absolute atomic E-state index is 12.3. The highest BCUT2D eigenvalue weighted by atomic mass is 19.4. The van der Waals surface area contributed by atoms with E-state index in [2.05, 4.69) is 14.7 Å². The highest BCUT2D eigenvalue weighted by Crippen LogP contribution is 2.32. The molecule has 1 aromatic heterocycles. The molecule has 4 nitrogen and oxygen atoms in total. The molecular formula is C7H8F3N3O. The molecule has 0 fully saturated rings. The van der Waals surface area contributed by atoms with E-state index in [4.69, 9.17) is 5.73 Å². The number of hydrogen-bond acceptors (Lipinski definition) is 4. The Labute approximate surface area is 77.9 Å². The molecule has 0 spiro atoms. The van der Waals surface area contributed by atoms with Gasteiger partial charge in [-0.2, -0.15) is 13.2 Å². The minimum Gasteiger partial charge on any atom is -0.479 e. The van der Waals surface area contributed by atoms with Crippen LogP contribution in [0.5, 0.6) is 5.88 Å². The number of aromatic nitrogens is 2. The van der Waals surface area contributed by atoms with E-state index in [9.17, 15) is 13.2 Å². The van der Waals surface area contributed by atoms with Gasteiger partial charge in [-0.05, 0) is 0 Å². The summed E-state index contributed by atoms with van der Waals surface area (Å²) in [5.41, 5.74) is 4.06. The van der Waals surface area contributed by atoms with Crippen LogP contribution in [0.25, 0.3) is 0 Å². The predicted octanol–water partition coefficient (Wildman–Crippen LogP) is 0.963. The molecule has 0 bridgehead atoms. The number of nitrogens with zero attached hydrogens (tertiary/aromatic N) is 2. The summed E-state index contributed by atoms with van der Waals surface area (Å²) in [5.74, 6) is -0.547. The molecule has 1 rings (SSSR count). The van der Waals surface area contributed by atoms with Crippen molar-refractivity contribution in [3.63, 3.8) is 0 Å². The van der Waals surface area contributed by atoms with Crippen LogP contribution in [-0.2, 0) is 12.7 Å². The van der Waals surface area contributed by atoms with Crippen molar-refractivity contribution in [1.82, 2.24) is 9.97 Å². The van der Waals surface area contributed by atoms with Crippen molar-refractivity contribution < 1.29 is 17.9 Å². The Bertz CT molecular complexity index is 326. The van der Waals surface area contributed by atoms with Crippen molar-refractivity contribution in [2.45, 2.75) is 12.7 Å². The van der Waals surface area contributed by atoms with Crippen LogP contribution in [0, 0.1) is 0 Å². The smallest absolute Gasteiger partial charge is 0.438 e. The second-order valence-corrected chi connectivity index (χ2v) is 2.42. The van der Waals surface area contributed by atoms with E-state index in [0.717, 1.165) is 13.3 Å². The van der Waals surface area contributed by atoms with Crippen molar-refractivity contribution in [3.8, 4) is 5.88 Å². The van der Waals surface area contributed by atoms with E-state index in [-0.39, 0.29) is 12.2 Å². The molecule has 0 amide bonds. The van der Waals surface area contributed by atoms with Gasteiger partial charge in [-0.1, -0.05) is 0 Å². The zero-order valence-corrected chi connectivity index (χ0v) is 7.30. The highest BCUT2D eigenvalue weighted by Gasteiger charge is 2.37. The van der Waals surface area contributed by atoms with Crippen LogP contribution in [0.4, 0.5) is 13.2 Å². The van der Waals surface area contributed by atoms with Crippen molar-refractivity contribution >= 4 is 0 Å². The fourth-order valence-electron chi connectivity index (χ4n) is 0.847. The molecule has 0 saturated carbocycles. The third kappa shape index (κ3) is 2.11. The minimum absolute atomic E-state index is 0.0677. The first-order valence-electron chi connectivity index (χ1n) is 3.66. The molecule has 0 aliphatic heterocycles. The van der Waals surface area contributed by atoms with Crippen molar-refractivity contribution in [2.24, 2.45) is 5.73 Å². The Balaban J connectivity index is 3.22. The van der Waals surface area contributed by atoms with Gasteiger partial charge < -0.3 is 10.5 Å². The number of rotatable bonds is 2. The van der Waals surface area contributed by atoms with Crippen LogP contribution in [0.1, 0.15) is 11.4 Å². The molecule has 7 heteroatoms. The van der Waals surface area contributed by atoms with Crippen LogP contribution in [0.3, 0.4) is 0 Å². The topological polar surface area (TPSA) is 61.0 Å². The van der Waals surface area contributed by atoms with Crippen LogP contribution < -0.4 is 10.5 Å². The molecule has 1 heterocycles. The normalized spacial score (nSPS) is 11.5. The quantitative estimate of drug-likeness (QED) is 0.784. The van der Waals surface area contributed by atoms with E-state index < -0.39 is 17.8 Å². The summed E-state index contributed by atoms with van der Waals surface area (Å²) in [6, 6.07) is 0. The summed E-state index contributed by atoms with van der Waals surface area (Å²) in [6.07, 6.45) is -3.43. The van der Waals surface area contributed by atoms with Crippen molar-refractivity contribution in [2.75, 3.05) is 7.11 Å². The predicted molar refractivity (Wildman–Crippen MR) is 41.5 cm³/mol. The Morgan fingerprint density at radius 2 is 2.14 bits per heavy atom. The minimum atomic E-state index is -4.58. The van der Waals surface area contributed by atoms with Crippen LogP contribution in [-0.4, -0.2) is 17.1 Å². The Morgan fingerprint density at radius 3 is 2.57 bits per heavy atom. The second kappa shape index (κ2) is 3.79. The maximum Gasteiger partial charge on any atom is 0.438 e. The number of alkyl halides is 3. The fraction of sp³-hybridized carbons (Fsp3) is 0.429. The van der Waals surface area contributed by atoms with Gasteiger partial charge in [0.1, 0.15) is 0 Å². The van der Waals surface area contributed by atoms with Crippen LogP contribution in [0.2, 0.25) is 0 Å². The van der Waals surface area contributed by atoms with Gasteiger partial charge in [0.25, 0.3) is 0 Å². The van der Waals surface area contributed by atoms with Gasteiger partial charge in [-0.3, -0.25) is 0 Å². The molecular weight excluding hydrogens is 199 g/mol. The molecule has 0 aliphatic carbocycles. The summed E-state index contributed by atoms with van der Waals surface area (Å²) >= 11 is 0. The van der Waals surface area contributed by atoms with Gasteiger partial charge in [0.2, 0.25) is 11.6 Å². The van der Waals surface area contributed by atoms with Gasteiger partial charge in [0.15, 0.2) is 0 Å². The summed E-state index contributed by atoms with van der Waals surface area (Å²) < 4.78 is 41.4. The molecule has 2 N–H and O–H groups in total. The number of hydrogen-bond donors (Lipinski definition) is 1. The molecule has 0 saturated heterocycles. The maximum atomic E-state index is 12.3. The Hall–Kier alpha value is -1.37. The second-order valence-electron chi connectivity index (χ2n) is 2.42. The van der Waals surface area contributed by atoms with E-state index >= 15 is 0 Å². The molecule has 78 valence electrons. The molecule has 0 unspecified atom stereocenters. The third-order valence-electron chi connectivity index (χ3n) is 1.46. The number of ether oxygens (including phenoxy) is 1. The molecule has 0 radical (unpaired) electrons. The Kier molecular flexibility index (Phi) is 2.90. The van der Waals surface area contributed by atoms with Gasteiger partial charge >= 0.3 is 6.18 Å². The summed E-state index contributed by atoms with van der Waals surface area (Å²) in [5, 5.41) is 0. The third-order valence-corrected chi connectivity index (χ3v) is 1.46. The molecule has 1 aromatic rings. The van der Waals surface area contributed by atoms with Gasteiger partial charge in [-0.25, -0.2) is 9.97 Å². The van der Waals surface area contributed by atoms with Crippen LogP contribution in [0.15, 0.2) is 6.20 Å². The van der Waals surface area contributed by atoms with E-state index in [0.29, 0.717) is 0 Å². The highest BCUT2D eigenvalue weighted by molar-refractivity contribution is 5.22. The van der Waals surface area contributed by atoms with E-state index in [1.807, 2.05) is 0 Å². The van der Waals surface area contributed by atoms with Gasteiger partial charge in [-0.15, -0.1) is 0 Å². The number of halogens is 3. The summed E-state index contributed by atoms with van der Waals surface area (Å²) in [7, 11) is 1.10. The van der Waals surface area contributed by atoms with Gasteiger partial charge in [0.05, 0.1) is 19.0 Å². The first kappa shape index (κ1) is 10.7. The molecule has 0 aromatic carbocycles. The van der Waals surface area contributed by atoms with Crippen LogP contribution >= 0.6 is 0 Å². The van der Waals surface area contributed by atoms with E-state index in [1.165, 1.54) is 0 Å². The fourth-order valence-corrected chi connectivity index (χ4v) is 0.847. The molecule has 0 atom stereocenters. The zero-order valence-electron chi connectivity index (χ0n) is 7.30. The number of methoxy groups -OCH3 is 1. The Morgan fingerprint density at radius 1 is 1.50 bits per heavy atom. The lowest BCUT2D eigenvalue weighted by Gasteiger charge is -2.10. The first-order valence-corrected chi connectivity index (χ1v) is 3.66. The first-order chi connectivity index (χ1) is 6.49. The standard InChI is InChI=1S/C7H8F3N3O/c1-14-6-5(7(8,9)10)13-4(2-11)3-12-6/h3H,2,11H2,1H3. The van der Waals surface area contributed by atoms with Crippen molar-refractivity contribution in [1.29, 1.82) is 0 Å². The zero-order chi connectivity index (χ0) is 10.8. The number of nitrogens with two attached hydrogens (primary N) is 1.